The van der Waals surface area contributed by atoms with Gasteiger partial charge in [0.25, 0.3) is 0 Å². The van der Waals surface area contributed by atoms with Gasteiger partial charge in [0.2, 0.25) is 0 Å². The Hall–Kier alpha value is -3.52. The van der Waals surface area contributed by atoms with Crippen molar-refractivity contribution in [3.8, 4) is 0 Å². The first-order valence-corrected chi connectivity index (χ1v) is 26.7. The van der Waals surface area contributed by atoms with E-state index in [-0.39, 0.29) is 5.41 Å². The third-order valence-electron chi connectivity index (χ3n) is 15.4. The summed E-state index contributed by atoms with van der Waals surface area (Å²) in [5, 5.41) is 0. The standard InChI is InChI=1S/C61H92N2/c1-6-9-12-15-18-19-20-21-24-27-50-42-44-61(45-43-50,53-34-30-51(31-35-53)59(28-25-22-16-13-10-7-2)57-40-38-55(62)46-48(57)4)54-36-32-52(33-37-54)60(29-26-23-17-14-11-8-3)58-41-39-56(63)47-49(58)5/h30-41,46-47,50,59-60H,6-29,42-45,62-63H2,1-5H3. The van der Waals surface area contributed by atoms with Crippen LogP contribution in [0.25, 0.3) is 0 Å². The summed E-state index contributed by atoms with van der Waals surface area (Å²) >= 11 is 0. The molecule has 0 spiro atoms. The first kappa shape index (κ1) is 50.5. The van der Waals surface area contributed by atoms with Crippen LogP contribution in [0.4, 0.5) is 11.4 Å². The molecule has 2 heteroatoms. The molecule has 0 bridgehead atoms. The first-order valence-electron chi connectivity index (χ1n) is 26.7. The fraction of sp³-hybridized carbons (Fsp3) is 0.607. The summed E-state index contributed by atoms with van der Waals surface area (Å²) in [5.41, 5.74) is 25.8. The maximum atomic E-state index is 6.29. The normalized spacial score (nSPS) is 17.5. The molecule has 0 amide bonds. The number of nitrogen functional groups attached to an aromatic ring is 2. The highest BCUT2D eigenvalue weighted by Crippen LogP contribution is 2.49. The summed E-state index contributed by atoms with van der Waals surface area (Å²) < 4.78 is 0. The number of rotatable bonds is 30. The smallest absolute Gasteiger partial charge is 0.0316 e. The summed E-state index contributed by atoms with van der Waals surface area (Å²) in [6, 6.07) is 33.4. The average Bonchev–Trinajstić information content (AvgIpc) is 3.29. The number of benzene rings is 4. The van der Waals surface area contributed by atoms with E-state index in [0.717, 1.165) is 17.3 Å². The van der Waals surface area contributed by atoms with Gasteiger partial charge in [-0.1, -0.05) is 223 Å². The van der Waals surface area contributed by atoms with Crippen molar-refractivity contribution in [2.75, 3.05) is 11.5 Å². The van der Waals surface area contributed by atoms with Crippen molar-refractivity contribution in [3.63, 3.8) is 0 Å². The van der Waals surface area contributed by atoms with Gasteiger partial charge in [0, 0.05) is 28.6 Å². The molecule has 4 aromatic rings. The van der Waals surface area contributed by atoms with Gasteiger partial charge in [-0.15, -0.1) is 0 Å². The zero-order valence-corrected chi connectivity index (χ0v) is 41.3. The van der Waals surface area contributed by atoms with Crippen molar-refractivity contribution in [2.24, 2.45) is 5.92 Å². The molecule has 63 heavy (non-hydrogen) atoms. The lowest BCUT2D eigenvalue weighted by molar-refractivity contribution is 0.250. The Bertz CT molecular complexity index is 1710. The second-order valence-electron chi connectivity index (χ2n) is 20.3. The lowest BCUT2D eigenvalue weighted by Crippen LogP contribution is -2.33. The summed E-state index contributed by atoms with van der Waals surface area (Å²) in [4.78, 5) is 0. The fourth-order valence-corrected chi connectivity index (χ4v) is 11.5. The second kappa shape index (κ2) is 27.7. The van der Waals surface area contributed by atoms with Crippen LogP contribution in [-0.4, -0.2) is 0 Å². The maximum Gasteiger partial charge on any atom is 0.0316 e. The Morgan fingerprint density at radius 2 is 0.794 bits per heavy atom. The molecule has 2 unspecified atom stereocenters. The minimum absolute atomic E-state index is 0.0455. The van der Waals surface area contributed by atoms with Crippen molar-refractivity contribution < 1.29 is 0 Å². The van der Waals surface area contributed by atoms with Gasteiger partial charge in [-0.05, 0) is 127 Å². The Labute approximate surface area is 388 Å². The Morgan fingerprint density at radius 1 is 0.444 bits per heavy atom. The van der Waals surface area contributed by atoms with Gasteiger partial charge in [-0.25, -0.2) is 0 Å². The van der Waals surface area contributed by atoms with E-state index in [4.69, 9.17) is 11.5 Å². The average molecular weight is 853 g/mol. The minimum Gasteiger partial charge on any atom is -0.399 e. The van der Waals surface area contributed by atoms with Gasteiger partial charge in [0.1, 0.15) is 0 Å². The van der Waals surface area contributed by atoms with Crippen molar-refractivity contribution in [2.45, 2.75) is 232 Å². The monoisotopic (exact) mass is 853 g/mol. The van der Waals surface area contributed by atoms with Crippen LogP contribution in [0.2, 0.25) is 0 Å². The molecule has 2 atom stereocenters. The highest BCUT2D eigenvalue weighted by molar-refractivity contribution is 5.51. The molecule has 0 radical (unpaired) electrons. The predicted octanol–water partition coefficient (Wildman–Crippen LogP) is 18.6. The van der Waals surface area contributed by atoms with Gasteiger partial charge in [-0.2, -0.15) is 0 Å². The van der Waals surface area contributed by atoms with Crippen LogP contribution < -0.4 is 11.5 Å². The molecule has 4 aromatic carbocycles. The third kappa shape index (κ3) is 15.6. The summed E-state index contributed by atoms with van der Waals surface area (Å²) in [5.74, 6) is 1.65. The molecule has 0 aliphatic heterocycles. The van der Waals surface area contributed by atoms with Crippen LogP contribution in [0.15, 0.2) is 84.9 Å². The topological polar surface area (TPSA) is 52.0 Å². The van der Waals surface area contributed by atoms with Crippen LogP contribution >= 0.6 is 0 Å². The highest BCUT2D eigenvalue weighted by atomic mass is 14.5. The maximum absolute atomic E-state index is 6.29. The lowest BCUT2D eigenvalue weighted by atomic mass is 9.62. The Kier molecular flexibility index (Phi) is 22.2. The highest BCUT2D eigenvalue weighted by Gasteiger charge is 2.38. The zero-order chi connectivity index (χ0) is 44.7. The van der Waals surface area contributed by atoms with Crippen molar-refractivity contribution in [1.82, 2.24) is 0 Å². The molecule has 0 saturated heterocycles. The van der Waals surface area contributed by atoms with E-state index < -0.39 is 0 Å². The van der Waals surface area contributed by atoms with Crippen LogP contribution in [-0.2, 0) is 5.41 Å². The molecule has 1 fully saturated rings. The van der Waals surface area contributed by atoms with E-state index in [9.17, 15) is 0 Å². The zero-order valence-electron chi connectivity index (χ0n) is 41.3. The van der Waals surface area contributed by atoms with E-state index in [2.05, 4.69) is 120 Å². The van der Waals surface area contributed by atoms with Crippen molar-refractivity contribution >= 4 is 11.4 Å². The van der Waals surface area contributed by atoms with Crippen LogP contribution in [0.3, 0.4) is 0 Å². The van der Waals surface area contributed by atoms with Gasteiger partial charge in [0.15, 0.2) is 0 Å². The molecule has 346 valence electrons. The quantitative estimate of drug-likeness (QED) is 0.0406. The van der Waals surface area contributed by atoms with E-state index in [1.165, 1.54) is 224 Å². The number of hydrogen-bond acceptors (Lipinski definition) is 2. The second-order valence-corrected chi connectivity index (χ2v) is 20.3. The summed E-state index contributed by atoms with van der Waals surface area (Å²) in [6.45, 7) is 11.4. The van der Waals surface area contributed by atoms with Gasteiger partial charge < -0.3 is 11.5 Å². The lowest BCUT2D eigenvalue weighted by Gasteiger charge is -2.42. The largest absolute Gasteiger partial charge is 0.399 e. The third-order valence-corrected chi connectivity index (χ3v) is 15.4. The molecule has 1 saturated carbocycles. The van der Waals surface area contributed by atoms with Crippen molar-refractivity contribution in [1.29, 1.82) is 0 Å². The molecule has 4 N–H and O–H groups in total. The summed E-state index contributed by atoms with van der Waals surface area (Å²) in [6.07, 6.45) is 37.6. The number of unbranched alkanes of at least 4 members (excludes halogenated alkanes) is 18. The summed E-state index contributed by atoms with van der Waals surface area (Å²) in [7, 11) is 0. The molecule has 0 heterocycles. The van der Waals surface area contributed by atoms with Crippen LogP contribution in [0.1, 0.15) is 257 Å². The van der Waals surface area contributed by atoms with Gasteiger partial charge >= 0.3 is 0 Å². The molecule has 0 aromatic heterocycles. The van der Waals surface area contributed by atoms with Gasteiger partial charge in [-0.3, -0.25) is 0 Å². The number of nitrogens with two attached hydrogens (primary N) is 2. The molecular formula is C61H92N2. The fourth-order valence-electron chi connectivity index (χ4n) is 11.5. The van der Waals surface area contributed by atoms with E-state index in [0.29, 0.717) is 11.8 Å². The van der Waals surface area contributed by atoms with E-state index in [1.807, 2.05) is 0 Å². The predicted molar refractivity (Wildman–Crippen MR) is 278 cm³/mol. The Balaban J connectivity index is 1.39. The molecule has 1 aliphatic rings. The SMILES string of the molecule is CCCCCCCCCCCC1CCC(c2ccc(C(CCCCCCCC)c3ccc(N)cc3C)cc2)(c2ccc(C(CCCCCCCC)c3ccc(N)cc3C)cc2)CC1. The molecular weight excluding hydrogens is 761 g/mol. The van der Waals surface area contributed by atoms with Gasteiger partial charge in [0.05, 0.1) is 0 Å². The van der Waals surface area contributed by atoms with E-state index >= 15 is 0 Å². The van der Waals surface area contributed by atoms with Crippen LogP contribution in [0.5, 0.6) is 0 Å². The molecule has 1 aliphatic carbocycles. The van der Waals surface area contributed by atoms with Crippen LogP contribution in [0, 0.1) is 19.8 Å². The molecule has 5 rings (SSSR count). The van der Waals surface area contributed by atoms with Crippen molar-refractivity contribution in [3.05, 3.63) is 129 Å². The number of hydrogen-bond donors (Lipinski definition) is 2. The number of anilines is 2. The first-order chi connectivity index (χ1) is 30.8. The molecule has 2 nitrogen and oxygen atoms in total. The Morgan fingerprint density at radius 3 is 1.16 bits per heavy atom. The number of aryl methyl sites for hydroxylation is 2. The van der Waals surface area contributed by atoms with E-state index in [1.54, 1.807) is 0 Å². The minimum atomic E-state index is 0.0455.